The van der Waals surface area contributed by atoms with Gasteiger partial charge in [0.2, 0.25) is 0 Å². The molecule has 0 fully saturated rings. The molecule has 0 saturated carbocycles. The summed E-state index contributed by atoms with van der Waals surface area (Å²) in [6, 6.07) is 6.00. The number of methoxy groups -OCH3 is 1. The first kappa shape index (κ1) is 12.4. The van der Waals surface area contributed by atoms with Crippen molar-refractivity contribution < 1.29 is 9.53 Å². The van der Waals surface area contributed by atoms with Crippen molar-refractivity contribution in [3.05, 3.63) is 35.5 Å². The fraction of sp³-hybridized carbons (Fsp3) is 0.286. The van der Waals surface area contributed by atoms with Gasteiger partial charge < -0.3 is 4.74 Å². The lowest BCUT2D eigenvalue weighted by molar-refractivity contribution is 0.112. The molecule has 94 valence electrons. The van der Waals surface area contributed by atoms with E-state index in [0.717, 1.165) is 29.7 Å². The minimum absolute atomic E-state index is 0.573. The van der Waals surface area contributed by atoms with Crippen LogP contribution < -0.4 is 4.74 Å². The predicted molar refractivity (Wildman–Crippen MR) is 70.0 cm³/mol. The molecule has 2 aromatic rings. The molecule has 0 aliphatic rings. The molecule has 4 nitrogen and oxygen atoms in total. The summed E-state index contributed by atoms with van der Waals surface area (Å²) < 4.78 is 7.06. The van der Waals surface area contributed by atoms with E-state index in [9.17, 15) is 4.79 Å². The van der Waals surface area contributed by atoms with Gasteiger partial charge in [0, 0.05) is 12.6 Å². The molecule has 0 saturated heterocycles. The molecule has 0 aliphatic heterocycles. The second-order valence-corrected chi connectivity index (χ2v) is 4.08. The van der Waals surface area contributed by atoms with Crippen molar-refractivity contribution in [2.24, 2.45) is 7.05 Å². The first-order chi connectivity index (χ1) is 8.71. The van der Waals surface area contributed by atoms with Crippen LogP contribution in [0.2, 0.25) is 0 Å². The number of hydrogen-bond acceptors (Lipinski definition) is 3. The van der Waals surface area contributed by atoms with E-state index >= 15 is 0 Å². The molecule has 0 aliphatic carbocycles. The lowest BCUT2D eigenvalue weighted by Crippen LogP contribution is -1.98. The van der Waals surface area contributed by atoms with Crippen LogP contribution in [0.1, 0.15) is 22.8 Å². The van der Waals surface area contributed by atoms with Crippen molar-refractivity contribution in [3.63, 3.8) is 0 Å². The number of carbonyl (C=O) groups excluding carboxylic acids is 1. The van der Waals surface area contributed by atoms with Crippen molar-refractivity contribution >= 4 is 6.29 Å². The summed E-state index contributed by atoms with van der Waals surface area (Å²) in [5.41, 5.74) is 3.46. The van der Waals surface area contributed by atoms with E-state index in [4.69, 9.17) is 4.74 Å². The SMILES string of the molecule is CCc1ccc(OC)c(-c2c(C=O)cnn2C)c1. The fourth-order valence-electron chi connectivity index (χ4n) is 2.03. The Morgan fingerprint density at radius 1 is 1.44 bits per heavy atom. The summed E-state index contributed by atoms with van der Waals surface area (Å²) in [5, 5.41) is 4.12. The van der Waals surface area contributed by atoms with Crippen LogP contribution in [0.4, 0.5) is 0 Å². The Hall–Kier alpha value is -2.10. The first-order valence-electron chi connectivity index (χ1n) is 5.85. The zero-order chi connectivity index (χ0) is 13.1. The molecule has 0 spiro atoms. The van der Waals surface area contributed by atoms with Gasteiger partial charge in [-0.05, 0) is 24.1 Å². The maximum atomic E-state index is 11.1. The monoisotopic (exact) mass is 244 g/mol. The topological polar surface area (TPSA) is 44.1 Å². The number of aryl methyl sites for hydroxylation is 2. The van der Waals surface area contributed by atoms with Crippen molar-refractivity contribution in [1.82, 2.24) is 9.78 Å². The number of rotatable bonds is 4. The second kappa shape index (κ2) is 5.04. The third-order valence-electron chi connectivity index (χ3n) is 3.02. The zero-order valence-corrected chi connectivity index (χ0v) is 10.8. The van der Waals surface area contributed by atoms with Crippen LogP contribution >= 0.6 is 0 Å². The standard InChI is InChI=1S/C14H16N2O2/c1-4-10-5-6-13(18-3)12(7-10)14-11(9-17)8-15-16(14)2/h5-9H,4H2,1-3H3. The number of nitrogens with zero attached hydrogens (tertiary/aromatic N) is 2. The Kier molecular flexibility index (Phi) is 3.46. The van der Waals surface area contributed by atoms with Gasteiger partial charge in [0.15, 0.2) is 6.29 Å². The van der Waals surface area contributed by atoms with Crippen LogP contribution in [0.3, 0.4) is 0 Å². The summed E-state index contributed by atoms with van der Waals surface area (Å²) in [7, 11) is 3.45. The van der Waals surface area contributed by atoms with Gasteiger partial charge in [-0.15, -0.1) is 0 Å². The molecule has 18 heavy (non-hydrogen) atoms. The Morgan fingerprint density at radius 3 is 2.83 bits per heavy atom. The van der Waals surface area contributed by atoms with Crippen LogP contribution in [0.25, 0.3) is 11.3 Å². The molecule has 0 atom stereocenters. The summed E-state index contributed by atoms with van der Waals surface area (Å²) in [4.78, 5) is 11.1. The second-order valence-electron chi connectivity index (χ2n) is 4.08. The van der Waals surface area contributed by atoms with Crippen LogP contribution in [0.5, 0.6) is 5.75 Å². The van der Waals surface area contributed by atoms with E-state index in [1.54, 1.807) is 18.0 Å². The van der Waals surface area contributed by atoms with Crippen LogP contribution in [-0.4, -0.2) is 23.2 Å². The minimum Gasteiger partial charge on any atom is -0.496 e. The molecule has 0 N–H and O–H groups in total. The number of benzene rings is 1. The van der Waals surface area contributed by atoms with E-state index in [-0.39, 0.29) is 0 Å². The maximum absolute atomic E-state index is 11.1. The predicted octanol–water partition coefficient (Wildman–Crippen LogP) is 2.47. The fourth-order valence-corrected chi connectivity index (χ4v) is 2.03. The van der Waals surface area contributed by atoms with Crippen LogP contribution in [0.15, 0.2) is 24.4 Å². The summed E-state index contributed by atoms with van der Waals surface area (Å²) in [6.07, 6.45) is 3.33. The number of carbonyl (C=O) groups is 1. The highest BCUT2D eigenvalue weighted by molar-refractivity contribution is 5.87. The van der Waals surface area contributed by atoms with Crippen molar-refractivity contribution in [3.8, 4) is 17.0 Å². The quantitative estimate of drug-likeness (QED) is 0.776. The van der Waals surface area contributed by atoms with Gasteiger partial charge in [-0.25, -0.2) is 0 Å². The van der Waals surface area contributed by atoms with E-state index < -0.39 is 0 Å². The van der Waals surface area contributed by atoms with E-state index in [0.29, 0.717) is 5.56 Å². The third kappa shape index (κ3) is 2.01. The summed E-state index contributed by atoms with van der Waals surface area (Å²) >= 11 is 0. The highest BCUT2D eigenvalue weighted by Crippen LogP contribution is 2.32. The average Bonchev–Trinajstić information content (AvgIpc) is 2.78. The lowest BCUT2D eigenvalue weighted by atomic mass is 10.0. The number of hydrogen-bond donors (Lipinski definition) is 0. The maximum Gasteiger partial charge on any atom is 0.153 e. The molecule has 1 aromatic heterocycles. The minimum atomic E-state index is 0.573. The summed E-state index contributed by atoms with van der Waals surface area (Å²) in [6.45, 7) is 2.09. The molecule has 0 unspecified atom stereocenters. The molecule has 0 radical (unpaired) electrons. The smallest absolute Gasteiger partial charge is 0.153 e. The van der Waals surface area contributed by atoms with E-state index in [1.807, 2.05) is 25.2 Å². The average molecular weight is 244 g/mol. The highest BCUT2D eigenvalue weighted by atomic mass is 16.5. The van der Waals surface area contributed by atoms with Gasteiger partial charge in [0.05, 0.1) is 24.6 Å². The van der Waals surface area contributed by atoms with Gasteiger partial charge >= 0.3 is 0 Å². The molecule has 1 aromatic carbocycles. The lowest BCUT2D eigenvalue weighted by Gasteiger charge is -2.11. The summed E-state index contributed by atoms with van der Waals surface area (Å²) in [5.74, 6) is 0.749. The van der Waals surface area contributed by atoms with Gasteiger partial charge in [-0.2, -0.15) is 5.10 Å². The normalized spacial score (nSPS) is 10.4. The van der Waals surface area contributed by atoms with Crippen LogP contribution in [-0.2, 0) is 13.5 Å². The van der Waals surface area contributed by atoms with E-state index in [2.05, 4.69) is 12.0 Å². The van der Waals surface area contributed by atoms with Gasteiger partial charge in [-0.1, -0.05) is 13.0 Å². The molecule has 4 heteroatoms. The largest absolute Gasteiger partial charge is 0.496 e. The van der Waals surface area contributed by atoms with E-state index in [1.165, 1.54) is 5.56 Å². The van der Waals surface area contributed by atoms with Crippen molar-refractivity contribution in [2.45, 2.75) is 13.3 Å². The Labute approximate surface area is 106 Å². The molecule has 1 heterocycles. The molecule has 0 amide bonds. The number of ether oxygens (including phenoxy) is 1. The van der Waals surface area contributed by atoms with Crippen LogP contribution in [0, 0.1) is 0 Å². The Morgan fingerprint density at radius 2 is 2.22 bits per heavy atom. The van der Waals surface area contributed by atoms with Crippen molar-refractivity contribution in [1.29, 1.82) is 0 Å². The number of aldehydes is 1. The van der Waals surface area contributed by atoms with Crippen molar-refractivity contribution in [2.75, 3.05) is 7.11 Å². The van der Waals surface area contributed by atoms with Gasteiger partial charge in [-0.3, -0.25) is 9.48 Å². The third-order valence-corrected chi connectivity index (χ3v) is 3.02. The molecular weight excluding hydrogens is 228 g/mol. The molecule has 2 rings (SSSR count). The Balaban J connectivity index is 2.67. The molecule has 0 bridgehead atoms. The number of aromatic nitrogens is 2. The van der Waals surface area contributed by atoms with Gasteiger partial charge in [0.1, 0.15) is 5.75 Å². The molecular formula is C14H16N2O2. The Bertz CT molecular complexity index is 573. The highest BCUT2D eigenvalue weighted by Gasteiger charge is 2.15. The van der Waals surface area contributed by atoms with Gasteiger partial charge in [0.25, 0.3) is 0 Å². The zero-order valence-electron chi connectivity index (χ0n) is 10.8. The first-order valence-corrected chi connectivity index (χ1v) is 5.85.